The summed E-state index contributed by atoms with van der Waals surface area (Å²) in [4.78, 5) is 13.6. The third-order valence-electron chi connectivity index (χ3n) is 6.06. The van der Waals surface area contributed by atoms with E-state index in [0.29, 0.717) is 11.0 Å². The Bertz CT molecular complexity index is 1320. The molecule has 3 aromatic carbocycles. The van der Waals surface area contributed by atoms with Crippen LogP contribution in [0.2, 0.25) is 0 Å². The molecule has 1 aliphatic heterocycles. The molecule has 2 unspecified atom stereocenters. The normalized spacial score (nSPS) is 16.9. The number of fused-ring (bicyclic) bond motifs is 1. The van der Waals surface area contributed by atoms with Crippen molar-refractivity contribution in [3.05, 3.63) is 89.5 Å². The predicted octanol–water partition coefficient (Wildman–Crippen LogP) is 4.97. The van der Waals surface area contributed by atoms with Crippen LogP contribution in [-0.4, -0.2) is 33.1 Å². The highest BCUT2D eigenvalue weighted by Crippen LogP contribution is 2.39. The second kappa shape index (κ2) is 9.23. The molecular weight excluding hydrogens is 446 g/mol. The van der Waals surface area contributed by atoms with Crippen molar-refractivity contribution in [3.8, 4) is 17.1 Å². The van der Waals surface area contributed by atoms with Crippen molar-refractivity contribution in [2.45, 2.75) is 30.3 Å². The number of carbonyl (C=O) groups excluding carboxylic acids is 1. The molecule has 0 bridgehead atoms. The summed E-state index contributed by atoms with van der Waals surface area (Å²) in [7, 11) is 1.64. The van der Waals surface area contributed by atoms with Crippen molar-refractivity contribution in [2.75, 3.05) is 17.9 Å². The molecule has 8 heteroatoms. The first kappa shape index (κ1) is 22.0. The minimum absolute atomic E-state index is 0.0949. The van der Waals surface area contributed by atoms with Crippen LogP contribution in [0.5, 0.6) is 5.75 Å². The molecule has 5 rings (SSSR count). The lowest BCUT2D eigenvalue weighted by atomic mass is 10.0. The van der Waals surface area contributed by atoms with Crippen LogP contribution in [0.15, 0.2) is 78.0 Å². The number of thioether (sulfide) groups is 1. The average Bonchev–Trinajstić information content (AvgIpc) is 3.29. The van der Waals surface area contributed by atoms with Gasteiger partial charge < -0.3 is 15.5 Å². The lowest BCUT2D eigenvalue weighted by Gasteiger charge is -2.33. The highest BCUT2D eigenvalue weighted by atomic mass is 32.2. The molecule has 2 heterocycles. The van der Waals surface area contributed by atoms with E-state index in [1.54, 1.807) is 7.11 Å². The largest absolute Gasteiger partial charge is 0.497 e. The van der Waals surface area contributed by atoms with Crippen molar-refractivity contribution in [1.82, 2.24) is 14.9 Å². The summed E-state index contributed by atoms with van der Waals surface area (Å²) in [6.07, 6.45) is 0. The number of hydrogen-bond donors (Lipinski definition) is 2. The zero-order valence-corrected chi connectivity index (χ0v) is 20.0. The number of methoxy groups -OCH3 is 1. The van der Waals surface area contributed by atoms with E-state index in [4.69, 9.17) is 4.74 Å². The van der Waals surface area contributed by atoms with Gasteiger partial charge in [-0.15, -0.1) is 10.2 Å². The summed E-state index contributed by atoms with van der Waals surface area (Å²) in [6, 6.07) is 23.3. The molecule has 1 aliphatic rings. The van der Waals surface area contributed by atoms with Gasteiger partial charge in [0.2, 0.25) is 11.1 Å². The zero-order chi connectivity index (χ0) is 23.7. The van der Waals surface area contributed by atoms with Crippen LogP contribution >= 0.6 is 11.8 Å². The second-order valence-corrected chi connectivity index (χ2v) is 9.27. The Morgan fingerprint density at radius 2 is 1.76 bits per heavy atom. The molecule has 2 N–H and O–H groups in total. The third-order valence-corrected chi connectivity index (χ3v) is 7.28. The van der Waals surface area contributed by atoms with Gasteiger partial charge in [-0.2, -0.15) is 0 Å². The number of aromatic nitrogens is 3. The Hall–Kier alpha value is -3.78. The maximum Gasteiger partial charge on any atom is 0.240 e. The summed E-state index contributed by atoms with van der Waals surface area (Å²) in [5.74, 6) is 1.37. The number of benzene rings is 3. The lowest BCUT2D eigenvalue weighted by Crippen LogP contribution is -2.41. The van der Waals surface area contributed by atoms with Crippen molar-refractivity contribution >= 4 is 23.4 Å². The first-order valence-electron chi connectivity index (χ1n) is 11.0. The van der Waals surface area contributed by atoms with Crippen molar-refractivity contribution in [3.63, 3.8) is 0 Å². The van der Waals surface area contributed by atoms with E-state index < -0.39 is 5.25 Å². The Kier molecular flexibility index (Phi) is 5.98. The van der Waals surface area contributed by atoms with Crippen molar-refractivity contribution in [2.24, 2.45) is 0 Å². The van der Waals surface area contributed by atoms with E-state index in [9.17, 15) is 4.79 Å². The molecule has 1 amide bonds. The Labute approximate surface area is 202 Å². The Morgan fingerprint density at radius 3 is 2.50 bits per heavy atom. The number of rotatable bonds is 5. The molecule has 1 aromatic heterocycles. The van der Waals surface area contributed by atoms with Gasteiger partial charge in [0.05, 0.1) is 13.2 Å². The summed E-state index contributed by atoms with van der Waals surface area (Å²) < 4.78 is 7.20. The number of nitrogens with one attached hydrogen (secondary N) is 2. The van der Waals surface area contributed by atoms with Crippen molar-refractivity contribution in [1.29, 1.82) is 0 Å². The molecule has 0 saturated heterocycles. The van der Waals surface area contributed by atoms with E-state index in [1.165, 1.54) is 11.8 Å². The number of hydrogen-bond acceptors (Lipinski definition) is 6. The molecule has 0 spiro atoms. The Morgan fingerprint density at radius 1 is 1.00 bits per heavy atom. The number of anilines is 1. The first-order chi connectivity index (χ1) is 16.5. The summed E-state index contributed by atoms with van der Waals surface area (Å²) in [5.41, 5.74) is 8.42. The lowest BCUT2D eigenvalue weighted by molar-refractivity contribution is -0.116. The van der Waals surface area contributed by atoms with Gasteiger partial charge in [-0.25, -0.2) is 4.68 Å². The summed E-state index contributed by atoms with van der Waals surface area (Å²) in [6.45, 7) is 4.05. The first-order valence-corrected chi connectivity index (χ1v) is 11.9. The van der Waals surface area contributed by atoms with E-state index >= 15 is 0 Å². The number of amides is 1. The van der Waals surface area contributed by atoms with E-state index in [0.717, 1.165) is 33.7 Å². The van der Waals surface area contributed by atoms with Gasteiger partial charge in [-0.1, -0.05) is 66.4 Å². The van der Waals surface area contributed by atoms with Gasteiger partial charge in [0.25, 0.3) is 0 Å². The molecule has 2 atom stereocenters. The predicted molar refractivity (Wildman–Crippen MR) is 135 cm³/mol. The van der Waals surface area contributed by atoms with E-state index in [1.807, 2.05) is 91.3 Å². The summed E-state index contributed by atoms with van der Waals surface area (Å²) >= 11 is 1.41. The highest BCUT2D eigenvalue weighted by Gasteiger charge is 2.38. The minimum atomic E-state index is -0.464. The van der Waals surface area contributed by atoms with Gasteiger partial charge >= 0.3 is 0 Å². The number of nitrogens with zero attached hydrogens (tertiary/aromatic N) is 3. The molecule has 7 nitrogen and oxygen atoms in total. The van der Waals surface area contributed by atoms with Crippen LogP contribution in [0.25, 0.3) is 11.4 Å². The van der Waals surface area contributed by atoms with Crippen LogP contribution in [0, 0.1) is 13.8 Å². The monoisotopic (exact) mass is 471 g/mol. The Balaban J connectivity index is 1.52. The van der Waals surface area contributed by atoms with Crippen LogP contribution in [0.4, 0.5) is 5.69 Å². The van der Waals surface area contributed by atoms with Crippen LogP contribution in [0.3, 0.4) is 0 Å². The fourth-order valence-corrected chi connectivity index (χ4v) is 5.06. The fraction of sp³-hybridized carbons (Fsp3) is 0.192. The van der Waals surface area contributed by atoms with Gasteiger partial charge in [-0.3, -0.25) is 4.79 Å². The quantitative estimate of drug-likeness (QED) is 0.428. The van der Waals surface area contributed by atoms with Crippen LogP contribution < -0.4 is 15.5 Å². The topological polar surface area (TPSA) is 81.1 Å². The number of carbonyl (C=O) groups is 1. The number of ether oxygens (including phenoxy) is 1. The fourth-order valence-electron chi connectivity index (χ4n) is 3.98. The van der Waals surface area contributed by atoms with Crippen LogP contribution in [-0.2, 0) is 4.79 Å². The molecule has 0 radical (unpaired) electrons. The van der Waals surface area contributed by atoms with Gasteiger partial charge in [0.15, 0.2) is 5.82 Å². The molecule has 4 aromatic rings. The van der Waals surface area contributed by atoms with Crippen molar-refractivity contribution < 1.29 is 9.53 Å². The zero-order valence-electron chi connectivity index (χ0n) is 19.1. The van der Waals surface area contributed by atoms with Gasteiger partial charge in [0.1, 0.15) is 11.0 Å². The van der Waals surface area contributed by atoms with E-state index in [-0.39, 0.29) is 11.9 Å². The maximum atomic E-state index is 13.6. The summed E-state index contributed by atoms with van der Waals surface area (Å²) in [5, 5.41) is 12.1. The van der Waals surface area contributed by atoms with Gasteiger partial charge in [-0.05, 0) is 48.7 Å². The molecule has 0 aliphatic carbocycles. The van der Waals surface area contributed by atoms with E-state index in [2.05, 4.69) is 20.9 Å². The molecular formula is C26H25N5O2S. The van der Waals surface area contributed by atoms with Gasteiger partial charge in [0, 0.05) is 11.3 Å². The maximum absolute atomic E-state index is 13.6. The number of aryl methyl sites for hydroxylation is 1. The molecule has 0 saturated carbocycles. The second-order valence-electron chi connectivity index (χ2n) is 8.16. The third kappa shape index (κ3) is 4.12. The SMILES string of the molecule is COc1ccc(C2Nn3c(nnc3-c3ccccc3)SC2C(=O)Nc2cccc(C)c2C)cc1. The highest BCUT2D eigenvalue weighted by molar-refractivity contribution is 8.00. The minimum Gasteiger partial charge on any atom is -0.497 e. The molecule has 172 valence electrons. The van der Waals surface area contributed by atoms with Crippen LogP contribution in [0.1, 0.15) is 22.7 Å². The average molecular weight is 472 g/mol. The molecule has 0 fully saturated rings. The standard InChI is InChI=1S/C26H25N5O2S/c1-16-8-7-11-21(17(16)2)27-25(32)23-22(18-12-14-20(33-3)15-13-18)30-31-24(28-29-26(31)34-23)19-9-5-4-6-10-19/h4-15,22-23,30H,1-3H3,(H,27,32). The molecule has 34 heavy (non-hydrogen) atoms. The smallest absolute Gasteiger partial charge is 0.240 e.